The smallest absolute Gasteiger partial charge is 0.344 e. The van der Waals surface area contributed by atoms with Gasteiger partial charge in [0, 0.05) is 25.4 Å². The molecule has 1 aromatic heterocycles. The summed E-state index contributed by atoms with van der Waals surface area (Å²) >= 11 is 1.14. The number of aromatic nitrogens is 3. The van der Waals surface area contributed by atoms with Gasteiger partial charge in [-0.2, -0.15) is 4.31 Å². The summed E-state index contributed by atoms with van der Waals surface area (Å²) in [4.78, 5) is 24.9. The van der Waals surface area contributed by atoms with Crippen LogP contribution in [0.1, 0.15) is 37.7 Å². The van der Waals surface area contributed by atoms with Crippen LogP contribution in [-0.4, -0.2) is 64.9 Å². The molecule has 10 nitrogen and oxygen atoms in total. The number of sulfonamides is 1. The van der Waals surface area contributed by atoms with Gasteiger partial charge in [0.1, 0.15) is 0 Å². The molecule has 0 saturated carbocycles. The van der Waals surface area contributed by atoms with Crippen molar-refractivity contribution in [3.63, 3.8) is 0 Å². The van der Waals surface area contributed by atoms with Crippen LogP contribution in [0.5, 0.6) is 0 Å². The monoisotopic (exact) mass is 495 g/mol. The van der Waals surface area contributed by atoms with Gasteiger partial charge >= 0.3 is 5.69 Å². The van der Waals surface area contributed by atoms with Crippen molar-refractivity contribution in [3.8, 4) is 0 Å². The maximum absolute atomic E-state index is 13.0. The SMILES string of the molecule is Cc1ccc(S(=O)(=O)N2CCCCC2)cc1NC(=O)CSc1n[nH]c(=O)n1CC1CCCO1. The van der Waals surface area contributed by atoms with E-state index in [1.807, 2.05) is 6.92 Å². The summed E-state index contributed by atoms with van der Waals surface area (Å²) in [7, 11) is -3.59. The molecule has 0 spiro atoms. The number of nitrogens with one attached hydrogen (secondary N) is 2. The highest BCUT2D eigenvalue weighted by Crippen LogP contribution is 2.26. The minimum Gasteiger partial charge on any atom is -0.376 e. The fourth-order valence-corrected chi connectivity index (χ4v) is 6.33. The summed E-state index contributed by atoms with van der Waals surface area (Å²) in [5, 5.41) is 9.67. The van der Waals surface area contributed by atoms with E-state index in [1.165, 1.54) is 14.9 Å². The van der Waals surface area contributed by atoms with Gasteiger partial charge in [0.2, 0.25) is 15.9 Å². The molecule has 2 N–H and O–H groups in total. The van der Waals surface area contributed by atoms with Gasteiger partial charge in [-0.3, -0.25) is 9.36 Å². The number of carbonyl (C=O) groups excluding carboxylic acids is 1. The second-order valence-corrected chi connectivity index (χ2v) is 11.2. The number of hydrogen-bond acceptors (Lipinski definition) is 7. The first-order valence-corrected chi connectivity index (χ1v) is 13.6. The number of anilines is 1. The molecule has 0 aliphatic carbocycles. The Balaban J connectivity index is 1.41. The lowest BCUT2D eigenvalue weighted by atomic mass is 10.2. The predicted octanol–water partition coefficient (Wildman–Crippen LogP) is 1.96. The Morgan fingerprint density at radius 1 is 1.27 bits per heavy atom. The van der Waals surface area contributed by atoms with Gasteiger partial charge in [-0.25, -0.2) is 18.3 Å². The van der Waals surface area contributed by atoms with Crippen LogP contribution in [0.15, 0.2) is 33.0 Å². The van der Waals surface area contributed by atoms with Crippen LogP contribution in [0.4, 0.5) is 5.69 Å². The summed E-state index contributed by atoms with van der Waals surface area (Å²) in [6.07, 6.45) is 4.58. The van der Waals surface area contributed by atoms with E-state index in [4.69, 9.17) is 4.74 Å². The number of amides is 1. The number of benzene rings is 1. The van der Waals surface area contributed by atoms with Crippen molar-refractivity contribution in [3.05, 3.63) is 34.2 Å². The van der Waals surface area contributed by atoms with E-state index in [-0.39, 0.29) is 28.3 Å². The van der Waals surface area contributed by atoms with Crippen LogP contribution in [0.2, 0.25) is 0 Å². The first-order chi connectivity index (χ1) is 15.8. The van der Waals surface area contributed by atoms with Crippen molar-refractivity contribution in [1.29, 1.82) is 0 Å². The predicted molar refractivity (Wildman–Crippen MR) is 125 cm³/mol. The fraction of sp³-hybridized carbons (Fsp3) is 0.571. The number of nitrogens with zero attached hydrogens (tertiary/aromatic N) is 3. The Labute approximate surface area is 197 Å². The molecule has 0 radical (unpaired) electrons. The van der Waals surface area contributed by atoms with Gasteiger partial charge in [-0.1, -0.05) is 24.2 Å². The number of rotatable bonds is 8. The summed E-state index contributed by atoms with van der Waals surface area (Å²) < 4.78 is 34.6. The summed E-state index contributed by atoms with van der Waals surface area (Å²) in [6, 6.07) is 4.80. The van der Waals surface area contributed by atoms with E-state index in [2.05, 4.69) is 15.5 Å². The molecule has 180 valence electrons. The molecule has 1 unspecified atom stereocenters. The van der Waals surface area contributed by atoms with E-state index >= 15 is 0 Å². The number of aryl methyl sites for hydroxylation is 1. The minimum absolute atomic E-state index is 0.0262. The van der Waals surface area contributed by atoms with Crippen LogP contribution < -0.4 is 11.0 Å². The Morgan fingerprint density at radius 3 is 2.79 bits per heavy atom. The topological polar surface area (TPSA) is 126 Å². The van der Waals surface area contributed by atoms with Gasteiger partial charge in [0.15, 0.2) is 5.16 Å². The molecule has 2 aliphatic heterocycles. The largest absolute Gasteiger partial charge is 0.376 e. The zero-order chi connectivity index (χ0) is 23.4. The van der Waals surface area contributed by atoms with Crippen molar-refractivity contribution in [2.45, 2.75) is 61.7 Å². The molecule has 2 aliphatic rings. The molecule has 3 heterocycles. The second kappa shape index (κ2) is 10.4. The van der Waals surface area contributed by atoms with Gasteiger partial charge in [-0.05, 0) is 50.3 Å². The number of H-pyrrole nitrogens is 1. The maximum atomic E-state index is 13.0. The van der Waals surface area contributed by atoms with Crippen molar-refractivity contribution in [2.75, 3.05) is 30.8 Å². The number of ether oxygens (including phenoxy) is 1. The van der Waals surface area contributed by atoms with E-state index in [0.717, 1.165) is 49.4 Å². The third kappa shape index (κ3) is 5.68. The molecule has 2 saturated heterocycles. The van der Waals surface area contributed by atoms with Crippen molar-refractivity contribution < 1.29 is 17.9 Å². The number of carbonyl (C=O) groups is 1. The van der Waals surface area contributed by atoms with Crippen LogP contribution in [0.3, 0.4) is 0 Å². The van der Waals surface area contributed by atoms with E-state index in [9.17, 15) is 18.0 Å². The van der Waals surface area contributed by atoms with Gasteiger partial charge < -0.3 is 10.1 Å². The average molecular weight is 496 g/mol. The van der Waals surface area contributed by atoms with Gasteiger partial charge in [-0.15, -0.1) is 5.10 Å². The quantitative estimate of drug-likeness (QED) is 0.536. The molecule has 2 fully saturated rings. The molecule has 12 heteroatoms. The van der Waals surface area contributed by atoms with Crippen LogP contribution in [-0.2, 0) is 26.1 Å². The zero-order valence-electron chi connectivity index (χ0n) is 18.6. The van der Waals surface area contributed by atoms with Crippen molar-refractivity contribution >= 4 is 33.4 Å². The van der Waals surface area contributed by atoms with Gasteiger partial charge in [0.25, 0.3) is 0 Å². The first kappa shape index (κ1) is 24.0. The standard InChI is InChI=1S/C21H29N5O5S2/c1-15-7-8-17(33(29,30)25-9-3-2-4-10-25)12-18(15)22-19(27)14-32-21-24-23-20(28)26(21)13-16-6-5-11-31-16/h7-8,12,16H,2-6,9-11,13-14H2,1H3,(H,22,27)(H,23,28). The second-order valence-electron chi connectivity index (χ2n) is 8.34. The summed E-state index contributed by atoms with van der Waals surface area (Å²) in [6.45, 7) is 3.94. The molecular formula is C21H29N5O5S2. The highest BCUT2D eigenvalue weighted by atomic mass is 32.2. The minimum atomic E-state index is -3.59. The van der Waals surface area contributed by atoms with Crippen LogP contribution >= 0.6 is 11.8 Å². The molecule has 2 aromatic rings. The molecule has 33 heavy (non-hydrogen) atoms. The van der Waals surface area contributed by atoms with Gasteiger partial charge in [0.05, 0.1) is 23.3 Å². The fourth-order valence-electron chi connectivity index (χ4n) is 4.03. The number of piperidine rings is 1. The lowest BCUT2D eigenvalue weighted by Crippen LogP contribution is -2.35. The van der Waals surface area contributed by atoms with E-state index in [1.54, 1.807) is 12.1 Å². The molecule has 1 aromatic carbocycles. The zero-order valence-corrected chi connectivity index (χ0v) is 20.2. The Morgan fingerprint density at radius 2 is 2.06 bits per heavy atom. The van der Waals surface area contributed by atoms with Crippen molar-refractivity contribution in [2.24, 2.45) is 0 Å². The number of hydrogen-bond donors (Lipinski definition) is 2. The normalized spacial score (nSPS) is 19.6. The van der Waals surface area contributed by atoms with E-state index in [0.29, 0.717) is 37.1 Å². The molecular weight excluding hydrogens is 466 g/mol. The Kier molecular flexibility index (Phi) is 7.57. The number of aromatic amines is 1. The lowest BCUT2D eigenvalue weighted by Gasteiger charge is -2.26. The summed E-state index contributed by atoms with van der Waals surface area (Å²) in [5.74, 6) is -0.284. The maximum Gasteiger partial charge on any atom is 0.344 e. The third-order valence-electron chi connectivity index (χ3n) is 5.90. The average Bonchev–Trinajstić information content (AvgIpc) is 3.45. The molecule has 1 atom stereocenters. The highest BCUT2D eigenvalue weighted by Gasteiger charge is 2.26. The third-order valence-corrected chi connectivity index (χ3v) is 8.77. The van der Waals surface area contributed by atoms with Crippen molar-refractivity contribution in [1.82, 2.24) is 19.1 Å². The lowest BCUT2D eigenvalue weighted by molar-refractivity contribution is -0.113. The number of thioether (sulfide) groups is 1. The first-order valence-electron chi connectivity index (χ1n) is 11.1. The molecule has 4 rings (SSSR count). The van der Waals surface area contributed by atoms with E-state index < -0.39 is 10.0 Å². The Hall–Kier alpha value is -2.15. The highest BCUT2D eigenvalue weighted by molar-refractivity contribution is 7.99. The molecule has 1 amide bonds. The van der Waals surface area contributed by atoms with Crippen LogP contribution in [0, 0.1) is 6.92 Å². The Bertz CT molecular complexity index is 1150. The molecule has 0 bridgehead atoms. The van der Waals surface area contributed by atoms with Crippen LogP contribution in [0.25, 0.3) is 0 Å². The summed E-state index contributed by atoms with van der Waals surface area (Å²) in [5.41, 5.74) is 0.887.